The van der Waals surface area contributed by atoms with Crippen molar-refractivity contribution in [1.29, 1.82) is 0 Å². The third kappa shape index (κ3) is 3.69. The lowest BCUT2D eigenvalue weighted by molar-refractivity contribution is -0.139. The van der Waals surface area contributed by atoms with Crippen molar-refractivity contribution in [1.82, 2.24) is 25.3 Å². The van der Waals surface area contributed by atoms with Crippen LogP contribution in [-0.4, -0.2) is 61.7 Å². The van der Waals surface area contributed by atoms with E-state index in [1.54, 1.807) is 0 Å². The van der Waals surface area contributed by atoms with Crippen molar-refractivity contribution in [2.45, 2.75) is 4.90 Å². The molecule has 0 amide bonds. The van der Waals surface area contributed by atoms with Gasteiger partial charge in [-0.25, -0.2) is 13.2 Å². The maximum Gasteiger partial charge on any atom is 0.349 e. The van der Waals surface area contributed by atoms with E-state index in [2.05, 4.69) is 30.1 Å². The highest BCUT2D eigenvalue weighted by Gasteiger charge is 2.28. The summed E-state index contributed by atoms with van der Waals surface area (Å²) in [6.45, 7) is -0.577. The summed E-state index contributed by atoms with van der Waals surface area (Å²) in [6, 6.07) is 1.20. The Labute approximate surface area is 134 Å². The van der Waals surface area contributed by atoms with Gasteiger partial charge in [0.25, 0.3) is 0 Å². The van der Waals surface area contributed by atoms with Gasteiger partial charge in [-0.2, -0.15) is 9.94 Å². The second kappa shape index (κ2) is 6.80. The molecule has 0 spiro atoms. The zero-order valence-electron chi connectivity index (χ0n) is 11.9. The Bertz CT molecular complexity index is 813. The van der Waals surface area contributed by atoms with E-state index in [0.717, 1.165) is 25.6 Å². The van der Waals surface area contributed by atoms with Gasteiger partial charge < -0.3 is 9.47 Å². The largest absolute Gasteiger partial charge is 0.468 e. The van der Waals surface area contributed by atoms with E-state index < -0.39 is 28.5 Å². The van der Waals surface area contributed by atoms with Gasteiger partial charge in [0.05, 0.1) is 19.1 Å². The molecule has 0 saturated heterocycles. The first-order chi connectivity index (χ1) is 10.9. The number of thiophene rings is 1. The second-order valence-electron chi connectivity index (χ2n) is 3.93. The quantitative estimate of drug-likeness (QED) is 0.627. The van der Waals surface area contributed by atoms with Gasteiger partial charge in [-0.1, -0.05) is 0 Å². The number of rotatable bonds is 6. The van der Waals surface area contributed by atoms with E-state index >= 15 is 0 Å². The van der Waals surface area contributed by atoms with E-state index in [1.807, 2.05) is 4.72 Å². The van der Waals surface area contributed by atoms with Crippen LogP contribution in [0.1, 0.15) is 9.67 Å². The van der Waals surface area contributed by atoms with Crippen LogP contribution in [0.5, 0.6) is 0 Å². The minimum absolute atomic E-state index is 0.120. The number of esters is 2. The van der Waals surface area contributed by atoms with E-state index in [-0.39, 0.29) is 20.5 Å². The average molecular weight is 361 g/mol. The summed E-state index contributed by atoms with van der Waals surface area (Å²) in [6.07, 6.45) is 0. The van der Waals surface area contributed by atoms with Crippen LogP contribution in [0.4, 0.5) is 0 Å². The van der Waals surface area contributed by atoms with E-state index in [9.17, 15) is 18.0 Å². The number of aromatic nitrogens is 4. The molecule has 0 atom stereocenters. The number of nitrogens with zero attached hydrogens (tertiary/aromatic N) is 3. The number of sulfonamides is 1. The summed E-state index contributed by atoms with van der Waals surface area (Å²) in [5.41, 5.74) is 0. The fraction of sp³-hybridized carbons (Fsp3) is 0.300. The number of nitrogens with one attached hydrogen (secondary N) is 2. The summed E-state index contributed by atoms with van der Waals surface area (Å²) >= 11 is 0.822. The molecule has 0 fully saturated rings. The molecule has 0 radical (unpaired) electrons. The van der Waals surface area contributed by atoms with Gasteiger partial charge in [-0.15, -0.1) is 21.5 Å². The van der Waals surface area contributed by atoms with Crippen molar-refractivity contribution in [2.75, 3.05) is 20.8 Å². The van der Waals surface area contributed by atoms with Gasteiger partial charge >= 0.3 is 11.9 Å². The number of aromatic amines is 1. The number of carbonyl (C=O) groups is 2. The Balaban J connectivity index is 2.43. The number of H-pyrrole nitrogens is 1. The van der Waals surface area contributed by atoms with Crippen LogP contribution in [0.2, 0.25) is 0 Å². The van der Waals surface area contributed by atoms with Gasteiger partial charge in [0.1, 0.15) is 16.3 Å². The Hall–Kier alpha value is -2.38. The minimum Gasteiger partial charge on any atom is -0.468 e. The third-order valence-corrected chi connectivity index (χ3v) is 5.22. The Morgan fingerprint density at radius 1 is 1.35 bits per heavy atom. The van der Waals surface area contributed by atoms with Gasteiger partial charge in [0.2, 0.25) is 15.8 Å². The van der Waals surface area contributed by atoms with E-state index in [0.29, 0.717) is 0 Å². The van der Waals surface area contributed by atoms with Crippen molar-refractivity contribution in [2.24, 2.45) is 0 Å². The predicted octanol–water partition coefficient (Wildman–Crippen LogP) is -0.834. The summed E-state index contributed by atoms with van der Waals surface area (Å²) in [7, 11) is -1.91. The van der Waals surface area contributed by atoms with Crippen LogP contribution >= 0.6 is 11.3 Å². The standard InChI is InChI=1S/C10H11N5O6S2/c1-20-7(16)4-11-23(18,19)6-3-5(9-12-14-15-13-9)22-8(6)10(17)21-2/h3,11H,4H2,1-2H3,(H,12,13,14,15). The van der Waals surface area contributed by atoms with Crippen molar-refractivity contribution < 1.29 is 27.5 Å². The topological polar surface area (TPSA) is 153 Å². The first-order valence-electron chi connectivity index (χ1n) is 5.91. The number of hydrogen-bond donors (Lipinski definition) is 2. The average Bonchev–Trinajstić information content (AvgIpc) is 3.20. The van der Waals surface area contributed by atoms with Crippen LogP contribution in [0.25, 0.3) is 10.7 Å². The lowest BCUT2D eigenvalue weighted by atomic mass is 10.4. The molecule has 2 heterocycles. The molecular formula is C10H11N5O6S2. The first kappa shape index (κ1) is 17.0. The smallest absolute Gasteiger partial charge is 0.349 e. The van der Waals surface area contributed by atoms with E-state index in [1.165, 1.54) is 6.07 Å². The van der Waals surface area contributed by atoms with Crippen LogP contribution in [-0.2, 0) is 24.3 Å². The molecule has 23 heavy (non-hydrogen) atoms. The van der Waals surface area contributed by atoms with E-state index in [4.69, 9.17) is 0 Å². The molecule has 0 saturated carbocycles. The van der Waals surface area contributed by atoms with Crippen molar-refractivity contribution in [3.8, 4) is 10.7 Å². The minimum atomic E-state index is -4.15. The highest BCUT2D eigenvalue weighted by molar-refractivity contribution is 7.89. The number of methoxy groups -OCH3 is 2. The molecule has 11 nitrogen and oxygen atoms in total. The van der Waals surface area contributed by atoms with Gasteiger partial charge in [-0.3, -0.25) is 4.79 Å². The number of carbonyl (C=O) groups excluding carboxylic acids is 2. The summed E-state index contributed by atoms with van der Waals surface area (Å²) in [5, 5.41) is 13.0. The van der Waals surface area contributed by atoms with Crippen LogP contribution in [0, 0.1) is 0 Å². The number of hydrogen-bond acceptors (Lipinski definition) is 10. The molecule has 0 bridgehead atoms. The molecule has 2 aromatic heterocycles. The normalized spacial score (nSPS) is 11.2. The molecule has 0 aliphatic rings. The molecule has 0 aromatic carbocycles. The van der Waals surface area contributed by atoms with Crippen molar-refractivity contribution >= 4 is 33.3 Å². The molecule has 2 rings (SSSR count). The maximum absolute atomic E-state index is 12.3. The van der Waals surface area contributed by atoms with Crippen LogP contribution < -0.4 is 4.72 Å². The predicted molar refractivity (Wildman–Crippen MR) is 76.0 cm³/mol. The summed E-state index contributed by atoms with van der Waals surface area (Å²) in [5.74, 6) is -1.50. The molecule has 0 unspecified atom stereocenters. The zero-order valence-corrected chi connectivity index (χ0v) is 13.5. The van der Waals surface area contributed by atoms with Gasteiger partial charge in [0, 0.05) is 0 Å². The third-order valence-electron chi connectivity index (χ3n) is 2.56. The lowest BCUT2D eigenvalue weighted by Gasteiger charge is -2.05. The van der Waals surface area contributed by atoms with Crippen LogP contribution in [0.3, 0.4) is 0 Å². The SMILES string of the molecule is COC(=O)CNS(=O)(=O)c1cc(-c2nn[nH]n2)sc1C(=O)OC. The second-order valence-corrected chi connectivity index (χ2v) is 6.72. The summed E-state index contributed by atoms with van der Waals surface area (Å²) in [4.78, 5) is 22.6. The van der Waals surface area contributed by atoms with Gasteiger partial charge in [0.15, 0.2) is 0 Å². The van der Waals surface area contributed by atoms with Crippen molar-refractivity contribution in [3.63, 3.8) is 0 Å². The molecule has 124 valence electrons. The molecular weight excluding hydrogens is 350 g/mol. The number of tetrazole rings is 1. The first-order valence-corrected chi connectivity index (χ1v) is 8.21. The maximum atomic E-state index is 12.3. The zero-order chi connectivity index (χ0) is 17.0. The lowest BCUT2D eigenvalue weighted by Crippen LogP contribution is -2.30. The highest BCUT2D eigenvalue weighted by atomic mass is 32.2. The Kier molecular flexibility index (Phi) is 5.02. The molecule has 13 heteroatoms. The Morgan fingerprint density at radius 3 is 2.65 bits per heavy atom. The fourth-order valence-electron chi connectivity index (χ4n) is 1.49. The molecule has 2 N–H and O–H groups in total. The molecule has 0 aliphatic carbocycles. The highest BCUT2D eigenvalue weighted by Crippen LogP contribution is 2.32. The van der Waals surface area contributed by atoms with Crippen LogP contribution in [0.15, 0.2) is 11.0 Å². The van der Waals surface area contributed by atoms with Crippen molar-refractivity contribution in [3.05, 3.63) is 10.9 Å². The fourth-order valence-corrected chi connectivity index (χ4v) is 3.98. The molecule has 2 aromatic rings. The monoisotopic (exact) mass is 361 g/mol. The molecule has 0 aliphatic heterocycles. The van der Waals surface area contributed by atoms with Gasteiger partial charge in [-0.05, 0) is 11.3 Å². The Morgan fingerprint density at radius 2 is 2.09 bits per heavy atom. The number of ether oxygens (including phenoxy) is 2. The summed E-state index contributed by atoms with van der Waals surface area (Å²) < 4.78 is 35.6.